The molecular weight excluding hydrogens is 390 g/mol. The Morgan fingerprint density at radius 1 is 1.28 bits per heavy atom. The number of aromatic nitrogens is 1. The molecule has 0 radical (unpaired) electrons. The minimum Gasteiger partial charge on any atom is -0.396 e. The lowest BCUT2D eigenvalue weighted by molar-refractivity contribution is -0.144. The number of nitrogens with zero attached hydrogens (tertiary/aromatic N) is 1. The lowest BCUT2D eigenvalue weighted by atomic mass is 9.47. The summed E-state index contributed by atoms with van der Waals surface area (Å²) in [7, 11) is 0. The van der Waals surface area contributed by atoms with Crippen LogP contribution in [-0.2, 0) is 16.0 Å². The van der Waals surface area contributed by atoms with Crippen LogP contribution in [0.3, 0.4) is 0 Å². The maximum absolute atomic E-state index is 12.8. The third-order valence-corrected chi connectivity index (χ3v) is 8.52. The number of thiazole rings is 1. The lowest BCUT2D eigenvalue weighted by Crippen LogP contribution is -2.57. The minimum absolute atomic E-state index is 0.0283. The molecule has 0 bridgehead atoms. The summed E-state index contributed by atoms with van der Waals surface area (Å²) in [6.07, 6.45) is 3.93. The molecule has 1 aromatic rings. The van der Waals surface area contributed by atoms with Gasteiger partial charge in [0.2, 0.25) is 11.8 Å². The van der Waals surface area contributed by atoms with Crippen molar-refractivity contribution in [2.24, 2.45) is 16.7 Å². The normalized spacial score (nSPS) is 36.1. The zero-order chi connectivity index (χ0) is 21.0. The highest BCUT2D eigenvalue weighted by Crippen LogP contribution is 2.62. The summed E-state index contributed by atoms with van der Waals surface area (Å²) < 4.78 is 0. The topological polar surface area (TPSA) is 112 Å². The SMILES string of the molecule is CC(=O)Nc1nc2c(s1)CC1C(C)(CO)C(O)CCC1(C)C2CC(=O)NC1CC1. The van der Waals surface area contributed by atoms with E-state index in [1.807, 2.05) is 6.92 Å². The summed E-state index contributed by atoms with van der Waals surface area (Å²) in [5.74, 6) is -0.206. The minimum atomic E-state index is -0.631. The summed E-state index contributed by atoms with van der Waals surface area (Å²) in [5, 5.41) is 27.4. The molecule has 7 nitrogen and oxygen atoms in total. The molecule has 1 aromatic heterocycles. The Bertz CT molecular complexity index is 823. The van der Waals surface area contributed by atoms with E-state index in [4.69, 9.17) is 4.98 Å². The number of aliphatic hydroxyl groups excluding tert-OH is 2. The van der Waals surface area contributed by atoms with Gasteiger partial charge in [-0.05, 0) is 43.4 Å². The first-order valence-electron chi connectivity index (χ1n) is 10.5. The van der Waals surface area contributed by atoms with Crippen LogP contribution in [0.5, 0.6) is 0 Å². The molecule has 2 saturated carbocycles. The number of nitrogens with one attached hydrogen (secondary N) is 2. The number of hydrogen-bond donors (Lipinski definition) is 4. The fourth-order valence-corrected chi connectivity index (χ4v) is 6.66. The second-order valence-corrected chi connectivity index (χ2v) is 10.7. The first-order chi connectivity index (χ1) is 13.7. The molecule has 0 saturated heterocycles. The molecule has 0 spiro atoms. The van der Waals surface area contributed by atoms with Crippen molar-refractivity contribution in [3.63, 3.8) is 0 Å². The molecule has 5 unspecified atom stereocenters. The molecule has 4 N–H and O–H groups in total. The molecule has 1 heterocycles. The molecule has 0 aliphatic heterocycles. The van der Waals surface area contributed by atoms with Crippen LogP contribution in [0.15, 0.2) is 0 Å². The molecule has 0 aromatic carbocycles. The fourth-order valence-electron chi connectivity index (χ4n) is 5.55. The Morgan fingerprint density at radius 3 is 2.62 bits per heavy atom. The molecule has 4 rings (SSSR count). The van der Waals surface area contributed by atoms with Gasteiger partial charge in [-0.2, -0.15) is 0 Å². The van der Waals surface area contributed by atoms with Gasteiger partial charge in [0, 0.05) is 35.6 Å². The van der Waals surface area contributed by atoms with Crippen molar-refractivity contribution in [2.45, 2.75) is 77.4 Å². The van der Waals surface area contributed by atoms with Gasteiger partial charge in [0.15, 0.2) is 5.13 Å². The number of fused-ring (bicyclic) bond motifs is 2. The number of hydrogen-bond acceptors (Lipinski definition) is 6. The van der Waals surface area contributed by atoms with Crippen molar-refractivity contribution in [2.75, 3.05) is 11.9 Å². The largest absolute Gasteiger partial charge is 0.396 e. The average Bonchev–Trinajstić information content (AvgIpc) is 3.37. The van der Waals surface area contributed by atoms with Crippen LogP contribution in [0.4, 0.5) is 5.13 Å². The van der Waals surface area contributed by atoms with E-state index in [-0.39, 0.29) is 35.7 Å². The molecule has 3 aliphatic carbocycles. The molecule has 29 heavy (non-hydrogen) atoms. The number of anilines is 1. The maximum Gasteiger partial charge on any atom is 0.223 e. The Hall–Kier alpha value is -1.51. The second-order valence-electron chi connectivity index (χ2n) is 9.59. The van der Waals surface area contributed by atoms with Gasteiger partial charge < -0.3 is 20.8 Å². The monoisotopic (exact) mass is 421 g/mol. The van der Waals surface area contributed by atoms with Gasteiger partial charge in [0.1, 0.15) is 0 Å². The number of carbonyl (C=O) groups is 2. The van der Waals surface area contributed by atoms with E-state index in [9.17, 15) is 19.8 Å². The van der Waals surface area contributed by atoms with Crippen LogP contribution >= 0.6 is 11.3 Å². The van der Waals surface area contributed by atoms with E-state index in [0.29, 0.717) is 30.4 Å². The van der Waals surface area contributed by atoms with E-state index >= 15 is 0 Å². The van der Waals surface area contributed by atoms with Gasteiger partial charge in [0.05, 0.1) is 18.4 Å². The highest BCUT2D eigenvalue weighted by atomic mass is 32.1. The number of aliphatic hydroxyl groups is 2. The van der Waals surface area contributed by atoms with Gasteiger partial charge in [-0.25, -0.2) is 4.98 Å². The Labute approximate surface area is 175 Å². The zero-order valence-corrected chi connectivity index (χ0v) is 18.1. The van der Waals surface area contributed by atoms with E-state index in [0.717, 1.165) is 29.8 Å². The van der Waals surface area contributed by atoms with Gasteiger partial charge in [-0.3, -0.25) is 9.59 Å². The van der Waals surface area contributed by atoms with Crippen molar-refractivity contribution in [3.05, 3.63) is 10.6 Å². The van der Waals surface area contributed by atoms with Crippen LogP contribution < -0.4 is 10.6 Å². The summed E-state index contributed by atoms with van der Waals surface area (Å²) in [6, 6.07) is 0.301. The number of carbonyl (C=O) groups excluding carboxylic acids is 2. The van der Waals surface area contributed by atoms with Gasteiger partial charge >= 0.3 is 0 Å². The number of rotatable bonds is 5. The summed E-state index contributed by atoms with van der Waals surface area (Å²) in [4.78, 5) is 30.1. The van der Waals surface area contributed by atoms with E-state index in [2.05, 4.69) is 17.6 Å². The summed E-state index contributed by atoms with van der Waals surface area (Å²) in [5.41, 5.74) is 0.0142. The van der Waals surface area contributed by atoms with Crippen molar-refractivity contribution in [1.29, 1.82) is 0 Å². The molecular formula is C21H31N3O4S. The summed E-state index contributed by atoms with van der Waals surface area (Å²) in [6.45, 7) is 5.51. The Kier molecular flexibility index (Phi) is 5.24. The van der Waals surface area contributed by atoms with E-state index in [1.165, 1.54) is 18.3 Å². The lowest BCUT2D eigenvalue weighted by Gasteiger charge is -2.58. The Morgan fingerprint density at radius 2 is 2.00 bits per heavy atom. The van der Waals surface area contributed by atoms with Gasteiger partial charge in [0.25, 0.3) is 0 Å². The predicted molar refractivity (Wildman–Crippen MR) is 111 cm³/mol. The molecule has 3 aliphatic rings. The third-order valence-electron chi connectivity index (χ3n) is 7.51. The molecule has 2 amide bonds. The fraction of sp³-hybridized carbons (Fsp3) is 0.762. The average molecular weight is 422 g/mol. The third kappa shape index (κ3) is 3.59. The quantitative estimate of drug-likeness (QED) is 0.582. The van der Waals surface area contributed by atoms with Crippen molar-refractivity contribution in [1.82, 2.24) is 10.3 Å². The standard InChI is InChI=1S/C21H31N3O4S/c1-11(26)22-19-24-18-13(8-17(28)23-12-4-5-12)20(2)7-6-16(27)21(3,10-25)15(20)9-14(18)29-19/h12-13,15-16,25,27H,4-10H2,1-3H3,(H,23,28)(H,22,24,26). The van der Waals surface area contributed by atoms with Gasteiger partial charge in [-0.1, -0.05) is 13.8 Å². The smallest absolute Gasteiger partial charge is 0.223 e. The van der Waals surface area contributed by atoms with Gasteiger partial charge in [-0.15, -0.1) is 11.3 Å². The highest BCUT2D eigenvalue weighted by Gasteiger charge is 2.59. The highest BCUT2D eigenvalue weighted by molar-refractivity contribution is 7.15. The maximum atomic E-state index is 12.8. The predicted octanol–water partition coefficient (Wildman–Crippen LogP) is 2.19. The van der Waals surface area contributed by atoms with Crippen LogP contribution in [0.2, 0.25) is 0 Å². The molecule has 5 atom stereocenters. The Balaban J connectivity index is 1.74. The van der Waals surface area contributed by atoms with Crippen LogP contribution in [-0.4, -0.2) is 45.8 Å². The van der Waals surface area contributed by atoms with Crippen LogP contribution in [0, 0.1) is 16.7 Å². The number of amides is 2. The first kappa shape index (κ1) is 20.8. The van der Waals surface area contributed by atoms with Crippen molar-refractivity contribution in [3.8, 4) is 0 Å². The zero-order valence-electron chi connectivity index (χ0n) is 17.3. The van der Waals surface area contributed by atoms with E-state index < -0.39 is 11.5 Å². The van der Waals surface area contributed by atoms with E-state index in [1.54, 1.807) is 0 Å². The second kappa shape index (κ2) is 7.32. The van der Waals surface area contributed by atoms with Crippen LogP contribution in [0.25, 0.3) is 0 Å². The molecule has 160 valence electrons. The molecule has 8 heteroatoms. The summed E-state index contributed by atoms with van der Waals surface area (Å²) >= 11 is 1.45. The van der Waals surface area contributed by atoms with Crippen LogP contribution in [0.1, 0.15) is 69.4 Å². The van der Waals surface area contributed by atoms with Crippen molar-refractivity contribution < 1.29 is 19.8 Å². The first-order valence-corrected chi connectivity index (χ1v) is 11.3. The molecule has 2 fully saturated rings. The van der Waals surface area contributed by atoms with Crippen molar-refractivity contribution >= 4 is 28.3 Å².